The summed E-state index contributed by atoms with van der Waals surface area (Å²) in [6.45, 7) is 1.48. The second-order valence-electron chi connectivity index (χ2n) is 6.61. The van der Waals surface area contributed by atoms with Gasteiger partial charge in [-0.05, 0) is 19.3 Å². The molecule has 0 radical (unpaired) electrons. The molecular formula is C14H19NO5. The highest BCUT2D eigenvalue weighted by Crippen LogP contribution is 2.44. The van der Waals surface area contributed by atoms with Crippen LogP contribution in [0.5, 0.6) is 0 Å². The number of aliphatic carboxylic acids is 1. The van der Waals surface area contributed by atoms with Crippen LogP contribution in [0.1, 0.15) is 19.3 Å². The lowest BCUT2D eigenvalue weighted by Crippen LogP contribution is -2.43. The smallest absolute Gasteiger partial charge is 0.314 e. The van der Waals surface area contributed by atoms with Gasteiger partial charge in [-0.3, -0.25) is 9.59 Å². The lowest BCUT2D eigenvalue weighted by molar-refractivity contribution is -0.150. The summed E-state index contributed by atoms with van der Waals surface area (Å²) >= 11 is 0. The van der Waals surface area contributed by atoms with Crippen molar-refractivity contribution >= 4 is 11.9 Å². The van der Waals surface area contributed by atoms with Gasteiger partial charge in [0.1, 0.15) is 5.41 Å². The highest BCUT2D eigenvalue weighted by Gasteiger charge is 2.58. The molecule has 6 heteroatoms. The Morgan fingerprint density at radius 1 is 1.30 bits per heavy atom. The maximum Gasteiger partial charge on any atom is 0.314 e. The molecule has 110 valence electrons. The van der Waals surface area contributed by atoms with Crippen molar-refractivity contribution in [3.8, 4) is 0 Å². The molecule has 2 bridgehead atoms. The minimum absolute atomic E-state index is 0.0562. The molecule has 1 N–H and O–H groups in total. The van der Waals surface area contributed by atoms with E-state index in [4.69, 9.17) is 9.47 Å². The molecule has 4 saturated heterocycles. The summed E-state index contributed by atoms with van der Waals surface area (Å²) in [6.07, 6.45) is 3.13. The third kappa shape index (κ3) is 1.58. The predicted octanol–water partition coefficient (Wildman–Crippen LogP) is 0.114. The summed E-state index contributed by atoms with van der Waals surface area (Å²) in [5.41, 5.74) is -0.881. The van der Waals surface area contributed by atoms with Crippen molar-refractivity contribution in [1.82, 2.24) is 4.90 Å². The lowest BCUT2D eigenvalue weighted by Gasteiger charge is -2.26. The topological polar surface area (TPSA) is 76.1 Å². The number of likely N-dealkylation sites (tertiary alicyclic amines) is 1. The highest BCUT2D eigenvalue weighted by molar-refractivity contribution is 5.83. The number of rotatable bonds is 2. The molecule has 4 heterocycles. The molecule has 0 aromatic rings. The third-order valence-electron chi connectivity index (χ3n) is 5.53. The van der Waals surface area contributed by atoms with Crippen LogP contribution in [0.3, 0.4) is 0 Å². The average molecular weight is 281 g/mol. The third-order valence-corrected chi connectivity index (χ3v) is 5.53. The van der Waals surface area contributed by atoms with Crippen molar-refractivity contribution in [2.24, 2.45) is 17.3 Å². The Labute approximate surface area is 117 Å². The van der Waals surface area contributed by atoms with E-state index in [1.54, 1.807) is 4.90 Å². The molecule has 0 spiro atoms. The monoisotopic (exact) mass is 281 g/mol. The van der Waals surface area contributed by atoms with Gasteiger partial charge in [-0.1, -0.05) is 0 Å². The van der Waals surface area contributed by atoms with E-state index in [1.807, 2.05) is 0 Å². The number of hydrogen-bond donors (Lipinski definition) is 1. The van der Waals surface area contributed by atoms with Crippen LogP contribution in [-0.4, -0.2) is 60.4 Å². The molecule has 6 nitrogen and oxygen atoms in total. The summed E-state index contributed by atoms with van der Waals surface area (Å²) in [5.74, 6) is -0.866. The number of amides is 1. The van der Waals surface area contributed by atoms with Crippen molar-refractivity contribution in [2.75, 3.05) is 26.3 Å². The summed E-state index contributed by atoms with van der Waals surface area (Å²) in [7, 11) is 0. The molecule has 0 unspecified atom stereocenters. The van der Waals surface area contributed by atoms with E-state index in [9.17, 15) is 14.7 Å². The quantitative estimate of drug-likeness (QED) is 0.777. The molecule has 4 rings (SSSR count). The van der Waals surface area contributed by atoms with E-state index in [-0.39, 0.29) is 36.6 Å². The second-order valence-corrected chi connectivity index (χ2v) is 6.61. The minimum Gasteiger partial charge on any atom is -0.481 e. The van der Waals surface area contributed by atoms with Crippen LogP contribution in [0.15, 0.2) is 0 Å². The molecule has 0 aliphatic carbocycles. The number of ether oxygens (including phenoxy) is 2. The molecule has 5 atom stereocenters. The van der Waals surface area contributed by atoms with Crippen LogP contribution < -0.4 is 0 Å². The molecule has 0 aromatic carbocycles. The maximum absolute atomic E-state index is 12.6. The van der Waals surface area contributed by atoms with Gasteiger partial charge < -0.3 is 19.5 Å². The highest BCUT2D eigenvalue weighted by atomic mass is 16.5. The molecule has 0 saturated carbocycles. The Hall–Kier alpha value is -1.14. The molecule has 4 aliphatic heterocycles. The zero-order chi connectivity index (χ0) is 13.9. The fraction of sp³-hybridized carbons (Fsp3) is 0.857. The van der Waals surface area contributed by atoms with E-state index in [0.717, 1.165) is 19.3 Å². The zero-order valence-corrected chi connectivity index (χ0v) is 11.3. The van der Waals surface area contributed by atoms with Gasteiger partial charge in [-0.25, -0.2) is 0 Å². The van der Waals surface area contributed by atoms with Crippen molar-refractivity contribution < 1.29 is 24.2 Å². The number of nitrogens with zero attached hydrogens (tertiary/aromatic N) is 1. The number of fused-ring (bicyclic) bond motifs is 3. The zero-order valence-electron chi connectivity index (χ0n) is 11.3. The Bertz CT molecular complexity index is 466. The van der Waals surface area contributed by atoms with Crippen LogP contribution in [0.25, 0.3) is 0 Å². The largest absolute Gasteiger partial charge is 0.481 e. The molecule has 4 fully saturated rings. The minimum atomic E-state index is -0.881. The number of carboxylic acids is 1. The van der Waals surface area contributed by atoms with E-state index in [2.05, 4.69) is 0 Å². The van der Waals surface area contributed by atoms with E-state index in [1.165, 1.54) is 0 Å². The first kappa shape index (κ1) is 12.6. The molecule has 20 heavy (non-hydrogen) atoms. The second kappa shape index (κ2) is 4.18. The Morgan fingerprint density at radius 2 is 2.15 bits per heavy atom. The summed E-state index contributed by atoms with van der Waals surface area (Å²) < 4.78 is 11.1. The maximum atomic E-state index is 12.6. The van der Waals surface area contributed by atoms with Gasteiger partial charge in [0.05, 0.1) is 31.3 Å². The Balaban J connectivity index is 1.51. The average Bonchev–Trinajstić information content (AvgIpc) is 3.15. The van der Waals surface area contributed by atoms with Crippen LogP contribution >= 0.6 is 0 Å². The first-order chi connectivity index (χ1) is 9.60. The Kier molecular flexibility index (Phi) is 2.63. The fourth-order valence-corrected chi connectivity index (χ4v) is 4.34. The van der Waals surface area contributed by atoms with E-state index in [0.29, 0.717) is 19.7 Å². The van der Waals surface area contributed by atoms with E-state index < -0.39 is 11.4 Å². The van der Waals surface area contributed by atoms with Gasteiger partial charge in [-0.15, -0.1) is 0 Å². The van der Waals surface area contributed by atoms with Gasteiger partial charge in [0, 0.05) is 19.0 Å². The summed E-state index contributed by atoms with van der Waals surface area (Å²) in [5, 5.41) is 9.50. The number of carboxylic acid groups (broad SMARTS) is 1. The van der Waals surface area contributed by atoms with Crippen molar-refractivity contribution in [2.45, 2.75) is 31.5 Å². The van der Waals surface area contributed by atoms with Gasteiger partial charge in [-0.2, -0.15) is 0 Å². The molecule has 0 aromatic heterocycles. The molecule has 4 aliphatic rings. The molecule has 1 amide bonds. The van der Waals surface area contributed by atoms with Gasteiger partial charge in [0.2, 0.25) is 5.91 Å². The van der Waals surface area contributed by atoms with Gasteiger partial charge >= 0.3 is 5.97 Å². The predicted molar refractivity (Wildman–Crippen MR) is 67.0 cm³/mol. The van der Waals surface area contributed by atoms with Crippen LogP contribution in [0.4, 0.5) is 0 Å². The van der Waals surface area contributed by atoms with Crippen LogP contribution in [-0.2, 0) is 19.1 Å². The van der Waals surface area contributed by atoms with Gasteiger partial charge in [0.15, 0.2) is 0 Å². The van der Waals surface area contributed by atoms with Crippen molar-refractivity contribution in [1.29, 1.82) is 0 Å². The fourth-order valence-electron chi connectivity index (χ4n) is 4.34. The number of carbonyl (C=O) groups is 2. The molecular weight excluding hydrogens is 262 g/mol. The normalized spacial score (nSPS) is 45.9. The number of carbonyl (C=O) groups excluding carboxylic acids is 1. The number of hydrogen-bond acceptors (Lipinski definition) is 4. The Morgan fingerprint density at radius 3 is 2.75 bits per heavy atom. The first-order valence-corrected chi connectivity index (χ1v) is 7.35. The standard InChI is InChI=1S/C14H19NO5/c16-12(10-3-9-1-2-11(10)20-9)15-4-8-5-19-7-14(8,6-15)13(17)18/h8-11H,1-7H2,(H,17,18)/t8-,9+,10-,11-,14-/m1/s1. The lowest BCUT2D eigenvalue weighted by atomic mass is 9.81. The van der Waals surface area contributed by atoms with Crippen LogP contribution in [0, 0.1) is 17.3 Å². The van der Waals surface area contributed by atoms with Crippen LogP contribution in [0.2, 0.25) is 0 Å². The summed E-state index contributed by atoms with van der Waals surface area (Å²) in [4.78, 5) is 26.0. The SMILES string of the molecule is O=C([C@@H]1C[C@@H]2CC[C@H]1O2)N1C[C@@H]2COC[C@]2(C(=O)O)C1. The summed E-state index contributed by atoms with van der Waals surface area (Å²) in [6, 6.07) is 0. The van der Waals surface area contributed by atoms with E-state index >= 15 is 0 Å². The van der Waals surface area contributed by atoms with Gasteiger partial charge in [0.25, 0.3) is 0 Å². The van der Waals surface area contributed by atoms with Crippen molar-refractivity contribution in [3.63, 3.8) is 0 Å². The van der Waals surface area contributed by atoms with Crippen molar-refractivity contribution in [3.05, 3.63) is 0 Å². The first-order valence-electron chi connectivity index (χ1n) is 7.35.